The molecule has 0 saturated heterocycles. The second kappa shape index (κ2) is 7.59. The van der Waals surface area contributed by atoms with Crippen LogP contribution in [0.5, 0.6) is 0 Å². The number of nitriles is 1. The number of nitrogens with one attached hydrogen (secondary N) is 1. The second-order valence-electron chi connectivity index (χ2n) is 5.85. The fraction of sp³-hybridized carbons (Fsp3) is 0.200. The van der Waals surface area contributed by atoms with Gasteiger partial charge in [-0.05, 0) is 31.5 Å². The van der Waals surface area contributed by atoms with Gasteiger partial charge in [0.1, 0.15) is 11.6 Å². The number of hydrogen-bond acceptors (Lipinski definition) is 3. The Balaban J connectivity index is 2.24. The van der Waals surface area contributed by atoms with Gasteiger partial charge < -0.3 is 9.99 Å². The van der Waals surface area contributed by atoms with Crippen molar-refractivity contribution in [3.63, 3.8) is 0 Å². The van der Waals surface area contributed by atoms with Crippen molar-refractivity contribution in [2.24, 2.45) is 4.76 Å². The highest BCUT2D eigenvalue weighted by Gasteiger charge is 2.35. The van der Waals surface area contributed by atoms with Crippen molar-refractivity contribution >= 4 is 24.3 Å². The molecule has 6 heteroatoms. The first-order valence-corrected chi connectivity index (χ1v) is 10.3. The van der Waals surface area contributed by atoms with Crippen molar-refractivity contribution in [1.29, 1.82) is 5.26 Å². The Morgan fingerprint density at radius 3 is 2.15 bits per heavy atom. The SMILES string of the molecule is CCN(CC)C1=N[P@@](=O)(c2ccccc2)NC(c2ccccc2)=C1C#N. The molecule has 1 atom stereocenters. The molecule has 0 saturated carbocycles. The van der Waals surface area contributed by atoms with Crippen LogP contribution in [0.25, 0.3) is 5.70 Å². The summed E-state index contributed by atoms with van der Waals surface area (Å²) in [6.07, 6.45) is 0. The third-order valence-corrected chi connectivity index (χ3v) is 6.31. The van der Waals surface area contributed by atoms with Crippen molar-refractivity contribution in [2.75, 3.05) is 13.1 Å². The van der Waals surface area contributed by atoms with Crippen molar-refractivity contribution in [3.8, 4) is 6.07 Å². The second-order valence-corrected chi connectivity index (χ2v) is 7.94. The third kappa shape index (κ3) is 3.29. The summed E-state index contributed by atoms with van der Waals surface area (Å²) in [7, 11) is -3.29. The Labute approximate surface area is 154 Å². The van der Waals surface area contributed by atoms with E-state index in [-0.39, 0.29) is 0 Å². The maximum atomic E-state index is 13.8. The van der Waals surface area contributed by atoms with E-state index in [4.69, 9.17) is 0 Å². The molecule has 132 valence electrons. The lowest BCUT2D eigenvalue weighted by Gasteiger charge is -2.31. The molecule has 0 unspecified atom stereocenters. The molecule has 2 aromatic rings. The van der Waals surface area contributed by atoms with Gasteiger partial charge in [-0.3, -0.25) is 4.57 Å². The molecule has 0 amide bonds. The van der Waals surface area contributed by atoms with Crippen molar-refractivity contribution < 1.29 is 4.57 Å². The Bertz CT molecular complexity index is 925. The average molecular weight is 364 g/mol. The molecule has 0 bridgehead atoms. The number of benzene rings is 2. The van der Waals surface area contributed by atoms with Crippen LogP contribution in [-0.4, -0.2) is 23.8 Å². The van der Waals surface area contributed by atoms with E-state index in [1.54, 1.807) is 12.1 Å². The van der Waals surface area contributed by atoms with Gasteiger partial charge in [0.05, 0.1) is 11.0 Å². The van der Waals surface area contributed by atoms with Gasteiger partial charge in [0.15, 0.2) is 5.84 Å². The van der Waals surface area contributed by atoms with Crippen LogP contribution in [0.15, 0.2) is 71.0 Å². The first-order valence-electron chi connectivity index (χ1n) is 8.62. The lowest BCUT2D eigenvalue weighted by Crippen LogP contribution is -2.36. The quantitative estimate of drug-likeness (QED) is 0.839. The highest BCUT2D eigenvalue weighted by atomic mass is 31.2. The van der Waals surface area contributed by atoms with Gasteiger partial charge in [-0.2, -0.15) is 10.0 Å². The molecule has 0 fully saturated rings. The van der Waals surface area contributed by atoms with Crippen LogP contribution in [-0.2, 0) is 4.57 Å². The fourth-order valence-electron chi connectivity index (χ4n) is 2.94. The predicted molar refractivity (Wildman–Crippen MR) is 106 cm³/mol. The summed E-state index contributed by atoms with van der Waals surface area (Å²) < 4.78 is 18.3. The summed E-state index contributed by atoms with van der Waals surface area (Å²) >= 11 is 0. The standard InChI is InChI=1S/C20H21N4OP/c1-3-24(4-2)20-18(15-21)19(16-11-7-5-8-12-16)22-26(25,23-20)17-13-9-6-10-14-17/h5-14H,3-4H2,1-2H3,(H,22,23,25)/t26-/m1/s1. The molecule has 1 heterocycles. The molecule has 0 radical (unpaired) electrons. The highest BCUT2D eigenvalue weighted by molar-refractivity contribution is 7.69. The topological polar surface area (TPSA) is 68.5 Å². The molecule has 2 aromatic carbocycles. The van der Waals surface area contributed by atoms with Crippen LogP contribution < -0.4 is 10.4 Å². The zero-order valence-electron chi connectivity index (χ0n) is 14.9. The number of likely N-dealkylation sites (N-methyl/N-ethyl adjacent to an activating group) is 1. The van der Waals surface area contributed by atoms with Crippen LogP contribution in [0.4, 0.5) is 0 Å². The Morgan fingerprint density at radius 2 is 1.62 bits per heavy atom. The lowest BCUT2D eigenvalue weighted by atomic mass is 10.1. The minimum atomic E-state index is -3.29. The molecule has 1 aliphatic rings. The summed E-state index contributed by atoms with van der Waals surface area (Å²) in [5.74, 6) is 0.488. The molecule has 5 nitrogen and oxygen atoms in total. The number of hydrogen-bond donors (Lipinski definition) is 1. The Morgan fingerprint density at radius 1 is 1.04 bits per heavy atom. The molecular weight excluding hydrogens is 343 g/mol. The maximum absolute atomic E-state index is 13.8. The van der Waals surface area contributed by atoms with E-state index < -0.39 is 7.44 Å². The normalized spacial score (nSPS) is 19.3. The Hall–Kier alpha value is -2.83. The van der Waals surface area contributed by atoms with Gasteiger partial charge in [-0.1, -0.05) is 48.5 Å². The molecule has 0 aromatic heterocycles. The van der Waals surface area contributed by atoms with Gasteiger partial charge in [0.2, 0.25) is 0 Å². The largest absolute Gasteiger partial charge is 0.356 e. The average Bonchev–Trinajstić information content (AvgIpc) is 2.70. The summed E-state index contributed by atoms with van der Waals surface area (Å²) in [5, 5.41) is 13.5. The zero-order valence-corrected chi connectivity index (χ0v) is 15.8. The van der Waals surface area contributed by atoms with Crippen LogP contribution in [0.3, 0.4) is 0 Å². The molecule has 26 heavy (non-hydrogen) atoms. The minimum Gasteiger partial charge on any atom is -0.356 e. The molecule has 0 spiro atoms. The smallest absolute Gasteiger partial charge is 0.310 e. The maximum Gasteiger partial charge on any atom is 0.310 e. The van der Waals surface area contributed by atoms with E-state index in [2.05, 4.69) is 15.9 Å². The predicted octanol–water partition coefficient (Wildman–Crippen LogP) is 3.78. The van der Waals surface area contributed by atoms with Gasteiger partial charge in [-0.15, -0.1) is 0 Å². The van der Waals surface area contributed by atoms with Crippen molar-refractivity contribution in [3.05, 3.63) is 71.8 Å². The van der Waals surface area contributed by atoms with E-state index in [0.29, 0.717) is 35.5 Å². The van der Waals surface area contributed by atoms with Gasteiger partial charge in [0, 0.05) is 13.1 Å². The summed E-state index contributed by atoms with van der Waals surface area (Å²) in [4.78, 5) is 1.97. The minimum absolute atomic E-state index is 0.419. The number of nitrogens with zero attached hydrogens (tertiary/aromatic N) is 3. The monoisotopic (exact) mass is 364 g/mol. The Kier molecular flexibility index (Phi) is 5.25. The van der Waals surface area contributed by atoms with E-state index >= 15 is 0 Å². The zero-order chi connectivity index (χ0) is 18.6. The molecule has 3 rings (SSSR count). The molecular formula is C20H21N4OP. The van der Waals surface area contributed by atoms with Gasteiger partial charge in [0.25, 0.3) is 0 Å². The first-order chi connectivity index (χ1) is 12.6. The number of rotatable bonds is 4. The van der Waals surface area contributed by atoms with Crippen LogP contribution in [0, 0.1) is 11.3 Å². The van der Waals surface area contributed by atoms with E-state index in [0.717, 1.165) is 5.56 Å². The van der Waals surface area contributed by atoms with E-state index in [1.807, 2.05) is 67.3 Å². The fourth-order valence-corrected chi connectivity index (χ4v) is 4.85. The molecule has 1 N–H and O–H groups in total. The number of amidine groups is 1. The van der Waals surface area contributed by atoms with Gasteiger partial charge in [-0.25, -0.2) is 0 Å². The van der Waals surface area contributed by atoms with Crippen LogP contribution in [0.1, 0.15) is 19.4 Å². The van der Waals surface area contributed by atoms with Crippen LogP contribution in [0.2, 0.25) is 0 Å². The summed E-state index contributed by atoms with van der Waals surface area (Å²) in [6.45, 7) is 5.35. The summed E-state index contributed by atoms with van der Waals surface area (Å²) in [5.41, 5.74) is 1.80. The van der Waals surface area contributed by atoms with Crippen molar-refractivity contribution in [2.45, 2.75) is 13.8 Å². The molecule has 1 aliphatic heterocycles. The first kappa shape index (κ1) is 18.0. The van der Waals surface area contributed by atoms with E-state index in [1.165, 1.54) is 0 Å². The van der Waals surface area contributed by atoms with E-state index in [9.17, 15) is 9.83 Å². The highest BCUT2D eigenvalue weighted by Crippen LogP contribution is 2.48. The third-order valence-electron chi connectivity index (χ3n) is 4.32. The molecule has 0 aliphatic carbocycles. The van der Waals surface area contributed by atoms with Crippen LogP contribution >= 0.6 is 7.44 Å². The summed E-state index contributed by atoms with van der Waals surface area (Å²) in [6, 6.07) is 20.9. The lowest BCUT2D eigenvalue weighted by molar-refractivity contribution is 0.466. The van der Waals surface area contributed by atoms with Gasteiger partial charge >= 0.3 is 7.44 Å². The van der Waals surface area contributed by atoms with Crippen molar-refractivity contribution in [1.82, 2.24) is 9.99 Å².